The molecule has 2 heterocycles. The van der Waals surface area contributed by atoms with Gasteiger partial charge < -0.3 is 34.0 Å². The largest absolute Gasteiger partial charge is 1.00 e. The molecular formula is C34H38Br2N2. The molecule has 198 valence electrons. The van der Waals surface area contributed by atoms with Crippen molar-refractivity contribution in [3.63, 3.8) is 0 Å². The fourth-order valence-electron chi connectivity index (χ4n) is 5.43. The standard InChI is InChI=1S/C34H38N2.2BrH/c1(11-25-35-27-13-21-31-19-7-9-23-33(31)35)3-15-29-17-5-6-18-30(29)16-4-2-12-26-36-28-14-22-32-20-8-10-24-34(32)36;;/h5-10,13-14,17-24,27-28H,1-4,11-12,15-16,25-26H2;2*1H/q+2;;/p-2. The number of pyridine rings is 2. The minimum atomic E-state index is 0. The highest BCUT2D eigenvalue weighted by Crippen LogP contribution is 2.17. The molecule has 0 atom stereocenters. The predicted molar refractivity (Wildman–Crippen MR) is 150 cm³/mol. The van der Waals surface area contributed by atoms with E-state index in [-0.39, 0.29) is 34.0 Å². The maximum Gasteiger partial charge on any atom is 0.212 e. The van der Waals surface area contributed by atoms with Crippen LogP contribution in [0.3, 0.4) is 0 Å². The van der Waals surface area contributed by atoms with Crippen molar-refractivity contribution in [3.05, 3.63) is 121 Å². The highest BCUT2D eigenvalue weighted by Gasteiger charge is 2.09. The van der Waals surface area contributed by atoms with Crippen LogP contribution in [0.1, 0.15) is 49.7 Å². The monoisotopic (exact) mass is 632 g/mol. The van der Waals surface area contributed by atoms with Crippen LogP contribution in [0.2, 0.25) is 0 Å². The van der Waals surface area contributed by atoms with Gasteiger partial charge in [0.15, 0.2) is 12.4 Å². The minimum Gasteiger partial charge on any atom is -1.00 e. The summed E-state index contributed by atoms with van der Waals surface area (Å²) in [7, 11) is 0. The third kappa shape index (κ3) is 7.97. The van der Waals surface area contributed by atoms with Crippen LogP contribution in [-0.2, 0) is 25.9 Å². The van der Waals surface area contributed by atoms with Gasteiger partial charge in [0.1, 0.15) is 13.1 Å². The van der Waals surface area contributed by atoms with E-state index < -0.39 is 0 Å². The third-order valence-electron chi connectivity index (χ3n) is 7.38. The van der Waals surface area contributed by atoms with Crippen LogP contribution in [0.15, 0.2) is 109 Å². The van der Waals surface area contributed by atoms with Crippen molar-refractivity contribution < 1.29 is 43.1 Å². The van der Waals surface area contributed by atoms with E-state index >= 15 is 0 Å². The zero-order chi connectivity index (χ0) is 24.4. The van der Waals surface area contributed by atoms with Crippen LogP contribution in [0, 0.1) is 0 Å². The number of unbranched alkanes of at least 4 members (excludes halogenated alkanes) is 4. The van der Waals surface area contributed by atoms with Gasteiger partial charge in [0.25, 0.3) is 0 Å². The highest BCUT2D eigenvalue weighted by atomic mass is 79.9. The molecule has 5 rings (SSSR count). The summed E-state index contributed by atoms with van der Waals surface area (Å²) in [6.45, 7) is 2.19. The summed E-state index contributed by atoms with van der Waals surface area (Å²) in [5.41, 5.74) is 5.78. The van der Waals surface area contributed by atoms with E-state index in [2.05, 4.69) is 119 Å². The second-order valence-corrected chi connectivity index (χ2v) is 9.91. The Morgan fingerprint density at radius 2 is 0.789 bits per heavy atom. The van der Waals surface area contributed by atoms with Crippen molar-refractivity contribution in [2.45, 2.75) is 64.5 Å². The Morgan fingerprint density at radius 1 is 0.395 bits per heavy atom. The molecule has 5 aromatic rings. The first-order chi connectivity index (χ1) is 17.9. The number of rotatable bonds is 12. The van der Waals surface area contributed by atoms with Gasteiger partial charge in [-0.2, -0.15) is 9.13 Å². The van der Waals surface area contributed by atoms with Crippen molar-refractivity contribution in [3.8, 4) is 0 Å². The normalized spacial score (nSPS) is 10.7. The first kappa shape index (κ1) is 30.0. The average molecular weight is 635 g/mol. The number of fused-ring (bicyclic) bond motifs is 2. The van der Waals surface area contributed by atoms with Gasteiger partial charge in [-0.1, -0.05) is 48.5 Å². The molecule has 0 amide bonds. The fraction of sp³-hybridized carbons (Fsp3) is 0.294. The molecule has 0 saturated heterocycles. The van der Waals surface area contributed by atoms with Gasteiger partial charge in [-0.15, -0.1) is 0 Å². The summed E-state index contributed by atoms with van der Waals surface area (Å²) >= 11 is 0. The van der Waals surface area contributed by atoms with Crippen molar-refractivity contribution in [2.24, 2.45) is 0 Å². The molecule has 0 bridgehead atoms. The lowest BCUT2D eigenvalue weighted by atomic mass is 9.97. The smallest absolute Gasteiger partial charge is 0.212 e. The second kappa shape index (κ2) is 15.8. The molecule has 2 aromatic heterocycles. The van der Waals surface area contributed by atoms with Crippen LogP contribution >= 0.6 is 0 Å². The number of hydrogen-bond acceptors (Lipinski definition) is 0. The number of aryl methyl sites for hydroxylation is 4. The van der Waals surface area contributed by atoms with Gasteiger partial charge in [0.05, 0.1) is 0 Å². The molecule has 0 saturated carbocycles. The molecule has 0 spiro atoms. The van der Waals surface area contributed by atoms with E-state index in [0.29, 0.717) is 0 Å². The first-order valence-electron chi connectivity index (χ1n) is 13.7. The van der Waals surface area contributed by atoms with Crippen molar-refractivity contribution >= 4 is 21.8 Å². The lowest BCUT2D eigenvalue weighted by molar-refractivity contribution is -0.672. The van der Waals surface area contributed by atoms with Crippen molar-refractivity contribution in [1.82, 2.24) is 0 Å². The number of halogens is 2. The number of benzene rings is 3. The van der Waals surface area contributed by atoms with Crippen LogP contribution < -0.4 is 43.1 Å². The lowest BCUT2D eigenvalue weighted by Crippen LogP contribution is -3.00. The molecule has 0 aliphatic rings. The maximum atomic E-state index is 2.40. The SMILES string of the molecule is [Br-].[Br-].c1ccc(CCCCC[n+]2cccc3ccccc32)c(CCCCC[n+]2cccc3ccccc32)c1. The molecule has 0 aliphatic heterocycles. The lowest BCUT2D eigenvalue weighted by Gasteiger charge is -2.09. The Bertz CT molecular complexity index is 1300. The summed E-state index contributed by atoms with van der Waals surface area (Å²) in [5, 5.41) is 2.65. The number of nitrogens with zero attached hydrogens (tertiary/aromatic N) is 2. The zero-order valence-electron chi connectivity index (χ0n) is 22.1. The van der Waals surface area contributed by atoms with E-state index in [9.17, 15) is 0 Å². The van der Waals surface area contributed by atoms with Crippen LogP contribution in [-0.4, -0.2) is 0 Å². The van der Waals surface area contributed by atoms with Gasteiger partial charge in [0, 0.05) is 47.9 Å². The highest BCUT2D eigenvalue weighted by molar-refractivity contribution is 5.75. The third-order valence-corrected chi connectivity index (χ3v) is 7.38. The van der Waals surface area contributed by atoms with Crippen LogP contribution in [0.25, 0.3) is 21.8 Å². The molecular weight excluding hydrogens is 596 g/mol. The van der Waals surface area contributed by atoms with E-state index in [1.54, 1.807) is 11.1 Å². The van der Waals surface area contributed by atoms with Gasteiger partial charge in [-0.3, -0.25) is 0 Å². The summed E-state index contributed by atoms with van der Waals surface area (Å²) in [6, 6.07) is 35.2. The molecule has 38 heavy (non-hydrogen) atoms. The molecule has 3 aromatic carbocycles. The fourth-order valence-corrected chi connectivity index (χ4v) is 5.43. The van der Waals surface area contributed by atoms with Crippen molar-refractivity contribution in [1.29, 1.82) is 0 Å². The van der Waals surface area contributed by atoms with E-state index in [1.165, 1.54) is 73.2 Å². The van der Waals surface area contributed by atoms with Crippen LogP contribution in [0.5, 0.6) is 0 Å². The molecule has 0 unspecified atom stereocenters. The number of hydrogen-bond donors (Lipinski definition) is 0. The van der Waals surface area contributed by atoms with Gasteiger partial charge in [0.2, 0.25) is 11.0 Å². The van der Waals surface area contributed by atoms with E-state index in [1.807, 2.05) is 0 Å². The van der Waals surface area contributed by atoms with Gasteiger partial charge in [-0.25, -0.2) is 0 Å². The average Bonchev–Trinajstić information content (AvgIpc) is 2.93. The molecule has 0 aliphatic carbocycles. The Hall–Kier alpha value is -2.56. The summed E-state index contributed by atoms with van der Waals surface area (Å²) in [6.07, 6.45) is 14.4. The molecule has 0 N–H and O–H groups in total. The van der Waals surface area contributed by atoms with Gasteiger partial charge in [-0.05, 0) is 73.9 Å². The first-order valence-corrected chi connectivity index (χ1v) is 13.7. The quantitative estimate of drug-likeness (QED) is 0.145. The number of para-hydroxylation sites is 2. The number of aromatic nitrogens is 2. The Balaban J connectivity index is 0.00000200. The molecule has 2 nitrogen and oxygen atoms in total. The minimum absolute atomic E-state index is 0. The second-order valence-electron chi connectivity index (χ2n) is 9.91. The summed E-state index contributed by atoms with van der Waals surface area (Å²) in [5.74, 6) is 0. The molecule has 0 fully saturated rings. The molecule has 4 heteroatoms. The predicted octanol–water partition coefficient (Wildman–Crippen LogP) is 1.40. The Labute approximate surface area is 248 Å². The van der Waals surface area contributed by atoms with Crippen molar-refractivity contribution in [2.75, 3.05) is 0 Å². The Morgan fingerprint density at radius 3 is 1.26 bits per heavy atom. The Kier molecular flexibility index (Phi) is 12.4. The topological polar surface area (TPSA) is 7.76 Å². The zero-order valence-corrected chi connectivity index (χ0v) is 25.3. The molecule has 0 radical (unpaired) electrons. The summed E-state index contributed by atoms with van der Waals surface area (Å²) in [4.78, 5) is 0. The van der Waals surface area contributed by atoms with E-state index in [4.69, 9.17) is 0 Å². The van der Waals surface area contributed by atoms with Gasteiger partial charge >= 0.3 is 0 Å². The van der Waals surface area contributed by atoms with Crippen LogP contribution in [0.4, 0.5) is 0 Å². The summed E-state index contributed by atoms with van der Waals surface area (Å²) < 4.78 is 4.81. The maximum absolute atomic E-state index is 2.40. The van der Waals surface area contributed by atoms with E-state index in [0.717, 1.165) is 13.1 Å².